The van der Waals surface area contributed by atoms with Crippen LogP contribution in [0.25, 0.3) is 33.1 Å². The van der Waals surface area contributed by atoms with Crippen LogP contribution in [0.1, 0.15) is 105 Å². The Balaban J connectivity index is 1.28. The highest BCUT2D eigenvalue weighted by Gasteiger charge is 2.45. The minimum atomic E-state index is -0.114. The molecule has 10 rings (SSSR count). The van der Waals surface area contributed by atoms with Crippen LogP contribution in [0.15, 0.2) is 144 Å². The molecule has 4 heteroatoms. The fourth-order valence-electron chi connectivity index (χ4n) is 9.82. The number of fused-ring (bicyclic) bond motifs is 7. The van der Waals surface area contributed by atoms with Crippen molar-refractivity contribution in [3.63, 3.8) is 0 Å². The van der Waals surface area contributed by atoms with E-state index < -0.39 is 0 Å². The molecule has 1 aromatic heterocycles. The largest absolute Gasteiger partial charge is 0.455 e. The van der Waals surface area contributed by atoms with Crippen LogP contribution in [0, 0.1) is 0 Å². The Morgan fingerprint density at radius 1 is 0.403 bits per heavy atom. The third-order valence-corrected chi connectivity index (χ3v) is 13.5. The molecule has 0 fully saturated rings. The number of benzene rings is 7. The predicted molar refractivity (Wildman–Crippen MR) is 268 cm³/mol. The lowest BCUT2D eigenvalue weighted by Crippen LogP contribution is -2.61. The predicted octanol–water partition coefficient (Wildman–Crippen LogP) is 14.5. The van der Waals surface area contributed by atoms with Crippen molar-refractivity contribution in [3.05, 3.63) is 162 Å². The van der Waals surface area contributed by atoms with Crippen LogP contribution in [-0.2, 0) is 21.7 Å². The second kappa shape index (κ2) is 13.8. The van der Waals surface area contributed by atoms with E-state index in [1.54, 1.807) is 0 Å². The smallest absolute Gasteiger partial charge is 0.252 e. The molecule has 2 aliphatic heterocycles. The highest BCUT2D eigenvalue weighted by molar-refractivity contribution is 7.00. The normalized spacial score (nSPS) is 14.0. The van der Waals surface area contributed by atoms with Crippen molar-refractivity contribution in [1.82, 2.24) is 0 Å². The maximum Gasteiger partial charge on any atom is 0.252 e. The minimum Gasteiger partial charge on any atom is -0.455 e. The van der Waals surface area contributed by atoms with Gasteiger partial charge in [0.25, 0.3) is 6.71 Å². The van der Waals surface area contributed by atoms with Gasteiger partial charge in [-0.05, 0) is 120 Å². The summed E-state index contributed by atoms with van der Waals surface area (Å²) in [4.78, 5) is 5.14. The summed E-state index contributed by atoms with van der Waals surface area (Å²) in [5, 5.41) is 2.28. The first-order valence-electron chi connectivity index (χ1n) is 22.5. The first kappa shape index (κ1) is 40.1. The molecule has 8 aromatic rings. The van der Waals surface area contributed by atoms with E-state index in [1.165, 1.54) is 67.1 Å². The summed E-state index contributed by atoms with van der Waals surface area (Å²) in [6, 6.07) is 53.0. The molecule has 0 radical (unpaired) electrons. The zero-order valence-corrected chi connectivity index (χ0v) is 38.7. The first-order chi connectivity index (χ1) is 29.3. The van der Waals surface area contributed by atoms with Crippen molar-refractivity contribution < 1.29 is 4.42 Å². The molecule has 0 saturated carbocycles. The van der Waals surface area contributed by atoms with Gasteiger partial charge in [0.2, 0.25) is 0 Å². The molecule has 7 aromatic carbocycles. The Kier molecular flexibility index (Phi) is 8.89. The van der Waals surface area contributed by atoms with E-state index >= 15 is 0 Å². The van der Waals surface area contributed by atoms with Gasteiger partial charge in [0.05, 0.1) is 0 Å². The Morgan fingerprint density at radius 2 is 0.968 bits per heavy atom. The van der Waals surface area contributed by atoms with E-state index in [4.69, 9.17) is 4.42 Å². The zero-order valence-electron chi connectivity index (χ0n) is 38.7. The van der Waals surface area contributed by atoms with Gasteiger partial charge >= 0.3 is 0 Å². The average molecular weight is 811 g/mol. The molecule has 0 bridgehead atoms. The Hall–Kier alpha value is -6.00. The number of anilines is 6. The maximum absolute atomic E-state index is 6.62. The molecule has 0 aliphatic carbocycles. The first-order valence-corrected chi connectivity index (χ1v) is 22.5. The van der Waals surface area contributed by atoms with E-state index in [0.717, 1.165) is 38.8 Å². The lowest BCUT2D eigenvalue weighted by molar-refractivity contribution is 0.589. The molecule has 310 valence electrons. The molecule has 0 amide bonds. The maximum atomic E-state index is 6.62. The molecule has 0 atom stereocenters. The van der Waals surface area contributed by atoms with Gasteiger partial charge in [0, 0.05) is 50.5 Å². The lowest BCUT2D eigenvalue weighted by atomic mass is 9.33. The van der Waals surface area contributed by atoms with E-state index in [1.807, 2.05) is 0 Å². The number of rotatable bonds is 3. The van der Waals surface area contributed by atoms with E-state index in [2.05, 4.69) is 232 Å². The van der Waals surface area contributed by atoms with Crippen LogP contribution in [0.5, 0.6) is 0 Å². The topological polar surface area (TPSA) is 19.6 Å². The number of furan rings is 1. The number of nitrogens with zero attached hydrogens (tertiary/aromatic N) is 2. The summed E-state index contributed by atoms with van der Waals surface area (Å²) in [5.41, 5.74) is 20.5. The molecule has 3 nitrogen and oxygen atoms in total. The van der Waals surface area contributed by atoms with E-state index in [-0.39, 0.29) is 28.4 Å². The van der Waals surface area contributed by atoms with Crippen molar-refractivity contribution >= 4 is 79.2 Å². The highest BCUT2D eigenvalue weighted by atomic mass is 16.3. The zero-order chi connectivity index (χ0) is 43.7. The monoisotopic (exact) mass is 810 g/mol. The van der Waals surface area contributed by atoms with Gasteiger partial charge in [-0.3, -0.25) is 0 Å². The fraction of sp³-hybridized carbons (Fsp3) is 0.276. The third-order valence-electron chi connectivity index (χ3n) is 13.5. The van der Waals surface area contributed by atoms with Crippen molar-refractivity contribution in [1.29, 1.82) is 0 Å². The van der Waals surface area contributed by atoms with Crippen LogP contribution in [-0.4, -0.2) is 6.71 Å². The van der Waals surface area contributed by atoms with Crippen molar-refractivity contribution in [2.45, 2.75) is 105 Å². The minimum absolute atomic E-state index is 0.0177. The molecule has 2 aliphatic rings. The van der Waals surface area contributed by atoms with Crippen LogP contribution in [0.3, 0.4) is 0 Å². The van der Waals surface area contributed by atoms with Gasteiger partial charge in [0.15, 0.2) is 0 Å². The molecular weight excluding hydrogens is 751 g/mol. The summed E-state index contributed by atoms with van der Waals surface area (Å²) in [6.07, 6.45) is 0. The number of hydrogen-bond donors (Lipinski definition) is 0. The van der Waals surface area contributed by atoms with Crippen LogP contribution < -0.4 is 26.2 Å². The highest BCUT2D eigenvalue weighted by Crippen LogP contribution is 2.48. The summed E-state index contributed by atoms with van der Waals surface area (Å²) in [6.45, 7) is 27.9. The van der Waals surface area contributed by atoms with Gasteiger partial charge in [-0.25, -0.2) is 0 Å². The van der Waals surface area contributed by atoms with Gasteiger partial charge in [-0.2, -0.15) is 0 Å². The SMILES string of the molecule is CC(C)(C)c1ccc(N2c3ccc(C(C)(C)C)cc3B3c4ccc(C(C)(C)C)cc4N(c4cccc(-c5cccc6c5oc5ccccc56)c4)c4cc(C(C)(C)C)cc2c43)cc1. The molecule has 0 N–H and O–H groups in total. The number of para-hydroxylation sites is 2. The summed E-state index contributed by atoms with van der Waals surface area (Å²) in [5.74, 6) is 0. The Labute approximate surface area is 369 Å². The molecule has 62 heavy (non-hydrogen) atoms. The van der Waals surface area contributed by atoms with Crippen LogP contribution >= 0.6 is 0 Å². The van der Waals surface area contributed by atoms with Crippen molar-refractivity contribution in [2.24, 2.45) is 0 Å². The fourth-order valence-corrected chi connectivity index (χ4v) is 9.82. The molecule has 0 saturated heterocycles. The summed E-state index contributed by atoms with van der Waals surface area (Å²) < 4.78 is 6.62. The summed E-state index contributed by atoms with van der Waals surface area (Å²) >= 11 is 0. The summed E-state index contributed by atoms with van der Waals surface area (Å²) in [7, 11) is 0. The lowest BCUT2D eigenvalue weighted by Gasteiger charge is -2.45. The molecule has 0 spiro atoms. The van der Waals surface area contributed by atoms with Gasteiger partial charge in [-0.15, -0.1) is 0 Å². The Bertz CT molecular complexity index is 3070. The second-order valence-corrected chi connectivity index (χ2v) is 22.0. The standard InChI is InChI=1S/C58H59BN2O/c1-55(2,3)37-23-27-41(28-24-37)60-48-30-26-38(56(4,5)6)32-47(48)59-46-29-25-39(57(7,8)9)33-49(46)61(51-35-40(58(10,11)12)34-50(60)53(51)59)42-18-15-17-36(31-42)43-20-16-21-45-44-19-13-14-22-52(44)62-54(43)45/h13-35H,1-12H3. The average Bonchev–Trinajstić information content (AvgIpc) is 3.61. The third kappa shape index (κ3) is 6.48. The van der Waals surface area contributed by atoms with Gasteiger partial charge in [0.1, 0.15) is 11.2 Å². The molecule has 3 heterocycles. The Morgan fingerprint density at radius 3 is 1.65 bits per heavy atom. The quantitative estimate of drug-likeness (QED) is 0.166. The van der Waals surface area contributed by atoms with Crippen molar-refractivity contribution in [3.8, 4) is 11.1 Å². The van der Waals surface area contributed by atoms with Gasteiger partial charge < -0.3 is 14.2 Å². The van der Waals surface area contributed by atoms with Crippen molar-refractivity contribution in [2.75, 3.05) is 9.80 Å². The van der Waals surface area contributed by atoms with Crippen LogP contribution in [0.2, 0.25) is 0 Å². The van der Waals surface area contributed by atoms with Gasteiger partial charge in [-0.1, -0.05) is 168 Å². The van der Waals surface area contributed by atoms with Crippen LogP contribution in [0.4, 0.5) is 34.1 Å². The number of hydrogen-bond acceptors (Lipinski definition) is 3. The van der Waals surface area contributed by atoms with E-state index in [9.17, 15) is 0 Å². The molecular formula is C58H59BN2O. The second-order valence-electron chi connectivity index (χ2n) is 22.0. The molecule has 0 unspecified atom stereocenters. The van der Waals surface area contributed by atoms with E-state index in [0.29, 0.717) is 0 Å².